The molecule has 1 fully saturated rings. The molecule has 0 radical (unpaired) electrons. The van der Waals surface area contributed by atoms with Crippen LogP contribution in [0.1, 0.15) is 65.5 Å². The van der Waals surface area contributed by atoms with Crippen molar-refractivity contribution in [3.63, 3.8) is 0 Å². The van der Waals surface area contributed by atoms with Gasteiger partial charge >= 0.3 is 6.29 Å². The smallest absolute Gasteiger partial charge is 0.497 e. The number of ether oxygens (including phenoxy) is 5. The molecule has 14 heteroatoms. The van der Waals surface area contributed by atoms with E-state index in [1.807, 2.05) is 0 Å². The normalized spacial score (nSPS) is 25.0. The van der Waals surface area contributed by atoms with Crippen LogP contribution in [0.15, 0.2) is 48.7 Å². The van der Waals surface area contributed by atoms with Gasteiger partial charge in [0.05, 0.1) is 24.4 Å². The van der Waals surface area contributed by atoms with Crippen molar-refractivity contribution in [2.45, 2.75) is 56.0 Å². The second kappa shape index (κ2) is 10.7. The fourth-order valence-corrected chi connectivity index (χ4v) is 6.17. The minimum absolute atomic E-state index is 0.0382. The molecule has 0 bridgehead atoms. The Hall–Kier alpha value is -4.75. The SMILES string of the molecule is COc1ccc2c(c1)O[C@@H](c1ccc(C(=O)N3CCC(F)(F)CC3)cn1)C[C@H]2NC(=O)[C@@]1(C)COc2cc3c(cc21)OC(F)(F)O3. The summed E-state index contributed by atoms with van der Waals surface area (Å²) in [6.45, 7) is 1.54. The maximum atomic E-state index is 13.9. The molecule has 3 aromatic rings. The molecule has 1 saturated heterocycles. The summed E-state index contributed by atoms with van der Waals surface area (Å²) in [5, 5.41) is 3.09. The number of nitrogens with zero attached hydrogens (tertiary/aromatic N) is 2. The first-order valence-electron chi connectivity index (χ1n) is 14.7. The van der Waals surface area contributed by atoms with Gasteiger partial charge in [-0.3, -0.25) is 14.6 Å². The molecule has 0 spiro atoms. The maximum absolute atomic E-state index is 13.9. The summed E-state index contributed by atoms with van der Waals surface area (Å²) in [5.74, 6) is -2.70. The number of piperidine rings is 1. The molecule has 0 aliphatic carbocycles. The monoisotopic (exact) mass is 643 g/mol. The van der Waals surface area contributed by atoms with Crippen molar-refractivity contribution in [3.8, 4) is 28.7 Å². The molecule has 1 N–H and O–H groups in total. The Bertz CT molecular complexity index is 1710. The molecule has 2 amide bonds. The van der Waals surface area contributed by atoms with Gasteiger partial charge in [-0.25, -0.2) is 8.78 Å². The van der Waals surface area contributed by atoms with Gasteiger partial charge in [-0.2, -0.15) is 0 Å². The number of methoxy groups -OCH3 is 1. The van der Waals surface area contributed by atoms with Crippen LogP contribution in [0.3, 0.4) is 0 Å². The van der Waals surface area contributed by atoms with Gasteiger partial charge in [-0.1, -0.05) is 0 Å². The summed E-state index contributed by atoms with van der Waals surface area (Å²) in [5.41, 5.74) is 0.576. The van der Waals surface area contributed by atoms with Crippen LogP contribution in [0.2, 0.25) is 0 Å². The van der Waals surface area contributed by atoms with Crippen LogP contribution in [-0.4, -0.2) is 60.7 Å². The Morgan fingerprint density at radius 1 is 0.978 bits per heavy atom. The molecule has 0 saturated carbocycles. The number of nitrogens with one attached hydrogen (secondary N) is 1. The third-order valence-corrected chi connectivity index (χ3v) is 8.88. The molecule has 46 heavy (non-hydrogen) atoms. The minimum Gasteiger partial charge on any atom is -0.497 e. The zero-order valence-corrected chi connectivity index (χ0v) is 24.8. The lowest BCUT2D eigenvalue weighted by atomic mass is 9.82. The zero-order chi connectivity index (χ0) is 32.4. The van der Waals surface area contributed by atoms with Crippen LogP contribution in [0.5, 0.6) is 28.7 Å². The van der Waals surface area contributed by atoms with Crippen LogP contribution in [0.4, 0.5) is 17.6 Å². The molecular weight excluding hydrogens is 614 g/mol. The summed E-state index contributed by atoms with van der Waals surface area (Å²) in [4.78, 5) is 32.7. The van der Waals surface area contributed by atoms with Gasteiger partial charge in [0.25, 0.3) is 11.8 Å². The number of aromatic nitrogens is 1. The van der Waals surface area contributed by atoms with Gasteiger partial charge in [0.1, 0.15) is 35.4 Å². The number of fused-ring (bicyclic) bond motifs is 3. The third-order valence-electron chi connectivity index (χ3n) is 8.88. The van der Waals surface area contributed by atoms with Crippen molar-refractivity contribution in [1.82, 2.24) is 15.2 Å². The van der Waals surface area contributed by atoms with Gasteiger partial charge < -0.3 is 33.9 Å². The van der Waals surface area contributed by atoms with Crippen molar-refractivity contribution in [2.24, 2.45) is 0 Å². The van der Waals surface area contributed by atoms with E-state index in [2.05, 4.69) is 19.8 Å². The molecular formula is C32H29F4N3O7. The quantitative estimate of drug-likeness (QED) is 0.373. The van der Waals surface area contributed by atoms with Crippen LogP contribution in [-0.2, 0) is 10.2 Å². The number of carbonyl (C=O) groups excluding carboxylic acids is 2. The Labute approximate surface area is 260 Å². The predicted octanol–water partition coefficient (Wildman–Crippen LogP) is 5.31. The van der Waals surface area contributed by atoms with E-state index >= 15 is 0 Å². The van der Waals surface area contributed by atoms with Gasteiger partial charge in [0, 0.05) is 61.8 Å². The molecule has 4 aliphatic heterocycles. The van der Waals surface area contributed by atoms with Crippen LogP contribution >= 0.6 is 0 Å². The lowest BCUT2D eigenvalue weighted by Crippen LogP contribution is -2.46. The molecule has 3 atom stereocenters. The average Bonchev–Trinajstić information content (AvgIpc) is 3.53. The predicted molar refractivity (Wildman–Crippen MR) is 152 cm³/mol. The van der Waals surface area contributed by atoms with E-state index in [1.165, 1.54) is 30.3 Å². The molecule has 5 heterocycles. The first-order chi connectivity index (χ1) is 21.8. The molecule has 4 aliphatic rings. The first kappa shape index (κ1) is 29.9. The zero-order valence-electron chi connectivity index (χ0n) is 24.8. The van der Waals surface area contributed by atoms with E-state index in [1.54, 1.807) is 37.3 Å². The highest BCUT2D eigenvalue weighted by molar-refractivity contribution is 5.94. The second-order valence-corrected chi connectivity index (χ2v) is 12.0. The standard InChI is InChI=1S/C32H29F4N3O7/c1-30(16-43-24-14-27-26(12-20(24)30)45-32(35,36)46-27)29(41)38-22-13-25(44-23-11-18(42-2)4-5-19(22)23)21-6-3-17(15-37-21)28(40)39-9-7-31(33,34)8-10-39/h3-6,11-12,14-15,22,25H,7-10,13,16H2,1-2H3,(H,38,41)/t22-,25-,30+/m1/s1. The highest BCUT2D eigenvalue weighted by Crippen LogP contribution is 2.50. The highest BCUT2D eigenvalue weighted by atomic mass is 19.3. The van der Waals surface area contributed by atoms with Crippen LogP contribution in [0.25, 0.3) is 0 Å². The number of alkyl halides is 4. The van der Waals surface area contributed by atoms with Crippen molar-refractivity contribution >= 4 is 11.8 Å². The lowest BCUT2D eigenvalue weighted by Gasteiger charge is -2.34. The number of rotatable bonds is 5. The summed E-state index contributed by atoms with van der Waals surface area (Å²) in [6.07, 6.45) is -3.56. The number of likely N-dealkylation sites (tertiary alicyclic amines) is 1. The topological polar surface area (TPSA) is 108 Å². The molecule has 2 aromatic carbocycles. The van der Waals surface area contributed by atoms with Crippen molar-refractivity contribution < 1.29 is 50.8 Å². The van der Waals surface area contributed by atoms with Gasteiger partial charge in [-0.15, -0.1) is 8.78 Å². The van der Waals surface area contributed by atoms with Crippen LogP contribution in [0, 0.1) is 0 Å². The molecule has 10 nitrogen and oxygen atoms in total. The summed E-state index contributed by atoms with van der Waals surface area (Å²) >= 11 is 0. The molecule has 242 valence electrons. The average molecular weight is 644 g/mol. The van der Waals surface area contributed by atoms with Crippen molar-refractivity contribution in [1.29, 1.82) is 0 Å². The number of carbonyl (C=O) groups is 2. The van der Waals surface area contributed by atoms with E-state index in [0.29, 0.717) is 28.3 Å². The van der Waals surface area contributed by atoms with E-state index < -0.39 is 35.7 Å². The van der Waals surface area contributed by atoms with Crippen molar-refractivity contribution in [3.05, 3.63) is 71.0 Å². The Morgan fingerprint density at radius 2 is 1.72 bits per heavy atom. The fourth-order valence-electron chi connectivity index (χ4n) is 6.17. The summed E-state index contributed by atoms with van der Waals surface area (Å²) in [7, 11) is 1.52. The largest absolute Gasteiger partial charge is 0.586 e. The van der Waals surface area contributed by atoms with Crippen molar-refractivity contribution in [2.75, 3.05) is 26.8 Å². The minimum atomic E-state index is -3.82. The number of pyridine rings is 1. The van der Waals surface area contributed by atoms with Gasteiger partial charge in [0.2, 0.25) is 5.91 Å². The van der Waals surface area contributed by atoms with Gasteiger partial charge in [-0.05, 0) is 37.3 Å². The van der Waals surface area contributed by atoms with Crippen LogP contribution < -0.4 is 29.0 Å². The number of amides is 2. The summed E-state index contributed by atoms with van der Waals surface area (Å²) < 4.78 is 81.1. The lowest BCUT2D eigenvalue weighted by molar-refractivity contribution is -0.286. The Morgan fingerprint density at radius 3 is 2.41 bits per heavy atom. The molecule has 1 aromatic heterocycles. The Balaban J connectivity index is 1.12. The number of hydrogen-bond acceptors (Lipinski definition) is 8. The van der Waals surface area contributed by atoms with E-state index in [0.717, 1.165) is 0 Å². The van der Waals surface area contributed by atoms with E-state index in [-0.39, 0.29) is 67.7 Å². The van der Waals surface area contributed by atoms with Gasteiger partial charge in [0.15, 0.2) is 11.5 Å². The number of halogens is 4. The molecule has 7 rings (SSSR count). The maximum Gasteiger partial charge on any atom is 0.586 e. The summed E-state index contributed by atoms with van der Waals surface area (Å²) in [6, 6.07) is 10.5. The first-order valence-corrected chi connectivity index (χ1v) is 14.7. The Kier molecular flexibility index (Phi) is 6.94. The van der Waals surface area contributed by atoms with E-state index in [4.69, 9.17) is 14.2 Å². The second-order valence-electron chi connectivity index (χ2n) is 12.0. The molecule has 0 unspecified atom stereocenters. The highest BCUT2D eigenvalue weighted by Gasteiger charge is 2.49. The number of benzene rings is 2. The fraction of sp³-hybridized carbons (Fsp3) is 0.406. The third kappa shape index (κ3) is 5.28. The van der Waals surface area contributed by atoms with E-state index in [9.17, 15) is 27.2 Å². The number of hydrogen-bond donors (Lipinski definition) is 1.